The highest BCUT2D eigenvalue weighted by Gasteiger charge is 2.32. The van der Waals surface area contributed by atoms with E-state index in [1.807, 2.05) is 72.8 Å². The maximum Gasteiger partial charge on any atom is 0.675 e. The van der Waals surface area contributed by atoms with Gasteiger partial charge in [0.05, 0.1) is 12.2 Å². The van der Waals surface area contributed by atoms with Crippen molar-refractivity contribution in [1.29, 1.82) is 0 Å². The zero-order valence-electron chi connectivity index (χ0n) is 17.5. The molecule has 4 aromatic carbocycles. The molecule has 0 fully saturated rings. The number of hydrogen-bond acceptors (Lipinski definition) is 2. The molecule has 0 aliphatic carbocycles. The van der Waals surface area contributed by atoms with Crippen molar-refractivity contribution in [3.63, 3.8) is 0 Å². The van der Waals surface area contributed by atoms with Gasteiger partial charge in [0.1, 0.15) is 0 Å². The Bertz CT molecular complexity index is 860. The van der Waals surface area contributed by atoms with Crippen molar-refractivity contribution < 1.29 is 7.58 Å². The van der Waals surface area contributed by atoms with Crippen LogP contribution in [0.5, 0.6) is 0 Å². The summed E-state index contributed by atoms with van der Waals surface area (Å²) in [5.41, 5.74) is 4.50. The molecule has 0 atom stereocenters. The van der Waals surface area contributed by atoms with Crippen LogP contribution in [0.3, 0.4) is 0 Å². The van der Waals surface area contributed by atoms with Gasteiger partial charge in [-0.25, -0.2) is 0 Å². The zero-order chi connectivity index (χ0) is 21.3. The normalized spacial score (nSPS) is 11.1. The van der Waals surface area contributed by atoms with Gasteiger partial charge in [-0.2, -0.15) is 0 Å². The van der Waals surface area contributed by atoms with Crippen molar-refractivity contribution in [3.8, 4) is 0 Å². The minimum atomic E-state index is -2.12. The van der Waals surface area contributed by atoms with E-state index in [4.69, 9.17) is 7.58 Å². The summed E-state index contributed by atoms with van der Waals surface area (Å²) in [6, 6.07) is 41.4. The van der Waals surface area contributed by atoms with E-state index in [0.717, 1.165) is 22.3 Å². The van der Waals surface area contributed by atoms with Crippen LogP contribution in [0, 0.1) is 6.92 Å². The third-order valence-electron chi connectivity index (χ3n) is 5.22. The molecule has 2 nitrogen and oxygen atoms in total. The van der Waals surface area contributed by atoms with Crippen LogP contribution in [0.25, 0.3) is 0 Å². The van der Waals surface area contributed by atoms with E-state index >= 15 is 0 Å². The summed E-state index contributed by atoms with van der Waals surface area (Å²) in [4.78, 5) is 0. The minimum absolute atomic E-state index is 0.173. The van der Waals surface area contributed by atoms with Crippen molar-refractivity contribution >= 4 is 14.8 Å². The third-order valence-corrected chi connectivity index (χ3v) is 6.84. The smallest absolute Gasteiger partial charge is 0.469 e. The molecule has 0 amide bonds. The van der Waals surface area contributed by atoms with Gasteiger partial charge >= 0.3 is 14.8 Å². The molecule has 0 spiro atoms. The summed E-state index contributed by atoms with van der Waals surface area (Å²) in [6.07, 6.45) is -0.346. The SMILES string of the molecule is [CH2][CH2][Al]([O]C(c1ccccc1)c1ccccc1)[O]C(c1ccccc1)c1ccccc1. The van der Waals surface area contributed by atoms with E-state index in [1.165, 1.54) is 0 Å². The Morgan fingerprint density at radius 2 is 0.742 bits per heavy atom. The predicted molar refractivity (Wildman–Crippen MR) is 128 cm³/mol. The summed E-state index contributed by atoms with van der Waals surface area (Å²) >= 11 is -2.12. The lowest BCUT2D eigenvalue weighted by Gasteiger charge is -2.27. The Balaban J connectivity index is 1.63. The number of hydrogen-bond donors (Lipinski definition) is 0. The van der Waals surface area contributed by atoms with E-state index in [0.29, 0.717) is 5.28 Å². The molecule has 0 saturated heterocycles. The van der Waals surface area contributed by atoms with Crippen molar-refractivity contribution in [1.82, 2.24) is 0 Å². The topological polar surface area (TPSA) is 18.5 Å². The van der Waals surface area contributed by atoms with Gasteiger partial charge in [0.2, 0.25) is 0 Å². The van der Waals surface area contributed by atoms with E-state index in [9.17, 15) is 0 Å². The second kappa shape index (κ2) is 11.1. The lowest BCUT2D eigenvalue weighted by atomic mass is 10.0. The molecule has 0 N–H and O–H groups in total. The van der Waals surface area contributed by atoms with E-state index in [-0.39, 0.29) is 12.2 Å². The average Bonchev–Trinajstić information content (AvgIpc) is 2.86. The summed E-state index contributed by atoms with van der Waals surface area (Å²) in [5, 5.41) is 0.631. The Kier molecular flexibility index (Phi) is 7.72. The maximum absolute atomic E-state index is 6.70. The molecular formula is C28H26AlO2. The molecule has 31 heavy (non-hydrogen) atoms. The lowest BCUT2D eigenvalue weighted by Crippen LogP contribution is -2.27. The van der Waals surface area contributed by atoms with Crippen LogP contribution in [0.4, 0.5) is 0 Å². The van der Waals surface area contributed by atoms with Gasteiger partial charge in [-0.05, 0) is 27.5 Å². The van der Waals surface area contributed by atoms with Crippen LogP contribution in [0.15, 0.2) is 121 Å². The van der Waals surface area contributed by atoms with Crippen molar-refractivity contribution in [2.45, 2.75) is 17.5 Å². The molecule has 1 radical (unpaired) electrons. The Morgan fingerprint density at radius 1 is 0.484 bits per heavy atom. The van der Waals surface area contributed by atoms with Crippen LogP contribution in [-0.4, -0.2) is 14.8 Å². The first-order valence-corrected chi connectivity index (χ1v) is 12.4. The second-order valence-corrected chi connectivity index (χ2v) is 9.37. The van der Waals surface area contributed by atoms with Gasteiger partial charge in [-0.15, -0.1) is 0 Å². The van der Waals surface area contributed by atoms with Crippen molar-refractivity contribution in [2.75, 3.05) is 0 Å². The minimum Gasteiger partial charge on any atom is -0.469 e. The van der Waals surface area contributed by atoms with E-state index in [1.54, 1.807) is 0 Å². The fourth-order valence-electron chi connectivity index (χ4n) is 3.68. The van der Waals surface area contributed by atoms with Gasteiger partial charge < -0.3 is 7.58 Å². The Hall–Kier alpha value is -2.67. The fraction of sp³-hybridized carbons (Fsp3) is 0.107. The van der Waals surface area contributed by atoms with Crippen molar-refractivity contribution in [2.24, 2.45) is 0 Å². The van der Waals surface area contributed by atoms with Crippen LogP contribution >= 0.6 is 0 Å². The summed E-state index contributed by atoms with van der Waals surface area (Å²) in [5.74, 6) is 0. The van der Waals surface area contributed by atoms with Gasteiger partial charge in [-0.3, -0.25) is 0 Å². The van der Waals surface area contributed by atoms with E-state index < -0.39 is 14.8 Å². The third kappa shape index (κ3) is 5.73. The Morgan fingerprint density at radius 3 is 0.968 bits per heavy atom. The molecule has 0 unspecified atom stereocenters. The lowest BCUT2D eigenvalue weighted by molar-refractivity contribution is 0.134. The average molecular weight is 421 g/mol. The largest absolute Gasteiger partial charge is 0.675 e. The first-order chi connectivity index (χ1) is 15.3. The van der Waals surface area contributed by atoms with Crippen LogP contribution in [0.2, 0.25) is 5.28 Å². The van der Waals surface area contributed by atoms with Crippen molar-refractivity contribution in [3.05, 3.63) is 151 Å². The fourth-order valence-corrected chi connectivity index (χ4v) is 5.25. The molecule has 4 aromatic rings. The maximum atomic E-state index is 6.70. The highest BCUT2D eigenvalue weighted by atomic mass is 27.2. The molecule has 0 saturated carbocycles. The summed E-state index contributed by atoms with van der Waals surface area (Å²) in [7, 11) is 0. The van der Waals surface area contributed by atoms with Gasteiger partial charge in [-0.1, -0.05) is 128 Å². The summed E-state index contributed by atoms with van der Waals surface area (Å²) < 4.78 is 13.4. The first kappa shape index (κ1) is 21.6. The number of rotatable bonds is 9. The predicted octanol–water partition coefficient (Wildman–Crippen LogP) is 6.92. The number of benzene rings is 4. The first-order valence-electron chi connectivity index (χ1n) is 10.6. The molecule has 3 heteroatoms. The molecular weight excluding hydrogens is 395 g/mol. The quantitative estimate of drug-likeness (QED) is 0.273. The molecule has 153 valence electrons. The van der Waals surface area contributed by atoms with Crippen LogP contribution in [0.1, 0.15) is 34.5 Å². The molecule has 0 bridgehead atoms. The molecule has 0 aromatic heterocycles. The Labute approximate surface area is 190 Å². The molecule has 0 aliphatic rings. The highest BCUT2D eigenvalue weighted by Crippen LogP contribution is 2.31. The van der Waals surface area contributed by atoms with E-state index in [2.05, 4.69) is 55.5 Å². The zero-order valence-corrected chi connectivity index (χ0v) is 18.7. The van der Waals surface area contributed by atoms with Gasteiger partial charge in [0.15, 0.2) is 0 Å². The van der Waals surface area contributed by atoms with Gasteiger partial charge in [0.25, 0.3) is 0 Å². The van der Waals surface area contributed by atoms with Crippen LogP contribution < -0.4 is 0 Å². The summed E-state index contributed by atoms with van der Waals surface area (Å²) in [6.45, 7) is 4.18. The standard InChI is InChI=1S/2C13H11O.C2H4.Al/c2*14-13(11-7-3-1-4-8-11)12-9-5-2-6-10-12;1-2;/h2*1-10,13H;1-2H2;/q2*-1;;+2. The van der Waals surface area contributed by atoms with Crippen LogP contribution in [-0.2, 0) is 7.58 Å². The highest BCUT2D eigenvalue weighted by molar-refractivity contribution is 6.44. The molecule has 0 heterocycles. The van der Waals surface area contributed by atoms with Gasteiger partial charge in [0, 0.05) is 0 Å². The second-order valence-electron chi connectivity index (χ2n) is 7.39. The molecule has 4 rings (SSSR count). The molecule has 0 aliphatic heterocycles. The monoisotopic (exact) mass is 421 g/mol.